The van der Waals surface area contributed by atoms with Crippen LogP contribution in [0.15, 0.2) is 12.2 Å². The highest BCUT2D eigenvalue weighted by Gasteiger charge is 2.16. The number of amides is 1. The molecule has 0 saturated heterocycles. The van der Waals surface area contributed by atoms with E-state index in [4.69, 9.17) is 5.11 Å². The van der Waals surface area contributed by atoms with E-state index in [0.29, 0.717) is 12.1 Å². The maximum absolute atomic E-state index is 11.7. The number of nitrogens with zero attached hydrogens (tertiary/aromatic N) is 1. The quantitative estimate of drug-likeness (QED) is 0.463. The van der Waals surface area contributed by atoms with Gasteiger partial charge >= 0.3 is 5.97 Å². The second-order valence-corrected chi connectivity index (χ2v) is 5.02. The number of carbonyl (C=O) groups excluding carboxylic acids is 1. The molecule has 0 atom stereocenters. The predicted octanol–water partition coefficient (Wildman–Crippen LogP) is 3.23. The molecule has 0 spiro atoms. The van der Waals surface area contributed by atoms with Crippen molar-refractivity contribution in [2.75, 3.05) is 13.1 Å². The van der Waals surface area contributed by atoms with Crippen molar-refractivity contribution >= 4 is 11.9 Å². The van der Waals surface area contributed by atoms with Crippen molar-refractivity contribution in [3.05, 3.63) is 12.2 Å². The van der Waals surface area contributed by atoms with Gasteiger partial charge in [-0.25, -0.2) is 0 Å². The van der Waals surface area contributed by atoms with Crippen molar-refractivity contribution in [1.29, 1.82) is 0 Å². The Kier molecular flexibility index (Phi) is 9.85. The molecule has 0 aromatic heterocycles. The molecular formula is C15H27NO3. The summed E-state index contributed by atoms with van der Waals surface area (Å²) in [5.41, 5.74) is 0.393. The fraction of sp³-hybridized carbons (Fsp3) is 0.733. The lowest BCUT2D eigenvalue weighted by Gasteiger charge is -2.20. The lowest BCUT2D eigenvalue weighted by molar-refractivity contribution is -0.143. The smallest absolute Gasteiger partial charge is 0.323 e. The molecule has 4 nitrogen and oxygen atoms in total. The van der Waals surface area contributed by atoms with Crippen LogP contribution in [0, 0.1) is 0 Å². The topological polar surface area (TPSA) is 57.6 Å². The molecule has 0 unspecified atom stereocenters. The van der Waals surface area contributed by atoms with Crippen molar-refractivity contribution in [1.82, 2.24) is 4.90 Å². The van der Waals surface area contributed by atoms with Crippen LogP contribution in [0.2, 0.25) is 0 Å². The Hall–Kier alpha value is -1.32. The largest absolute Gasteiger partial charge is 0.480 e. The van der Waals surface area contributed by atoms with Gasteiger partial charge in [-0.15, -0.1) is 0 Å². The zero-order chi connectivity index (χ0) is 14.7. The number of carbonyl (C=O) groups is 2. The minimum atomic E-state index is -0.974. The molecule has 0 aromatic carbocycles. The van der Waals surface area contributed by atoms with E-state index in [-0.39, 0.29) is 12.5 Å². The van der Waals surface area contributed by atoms with Crippen molar-refractivity contribution in [2.45, 2.75) is 58.8 Å². The lowest BCUT2D eigenvalue weighted by atomic mass is 10.1. The first-order valence-corrected chi connectivity index (χ1v) is 7.15. The van der Waals surface area contributed by atoms with Crippen LogP contribution < -0.4 is 0 Å². The van der Waals surface area contributed by atoms with Gasteiger partial charge < -0.3 is 10.0 Å². The molecule has 19 heavy (non-hydrogen) atoms. The standard InChI is InChI=1S/C15H27NO3/c1-4-5-6-7-8-9-10-11-16(12-14(17)18)15(19)13(2)3/h2,4-12H2,1,3H3,(H,17,18). The van der Waals surface area contributed by atoms with Crippen LogP contribution >= 0.6 is 0 Å². The molecule has 0 radical (unpaired) electrons. The third-order valence-electron chi connectivity index (χ3n) is 3.01. The minimum absolute atomic E-state index is 0.235. The third kappa shape index (κ3) is 9.28. The van der Waals surface area contributed by atoms with Crippen molar-refractivity contribution < 1.29 is 14.7 Å². The summed E-state index contributed by atoms with van der Waals surface area (Å²) >= 11 is 0. The number of hydrogen-bond donors (Lipinski definition) is 1. The second-order valence-electron chi connectivity index (χ2n) is 5.02. The Balaban J connectivity index is 3.90. The first-order chi connectivity index (χ1) is 8.99. The summed E-state index contributed by atoms with van der Waals surface area (Å²) in [4.78, 5) is 23.8. The molecule has 0 aromatic rings. The van der Waals surface area contributed by atoms with Crippen LogP contribution in [-0.2, 0) is 9.59 Å². The van der Waals surface area contributed by atoms with E-state index in [1.807, 2.05) is 0 Å². The molecule has 0 aliphatic heterocycles. The van der Waals surface area contributed by atoms with Crippen LogP contribution in [-0.4, -0.2) is 35.0 Å². The monoisotopic (exact) mass is 269 g/mol. The molecular weight excluding hydrogens is 242 g/mol. The molecule has 0 rings (SSSR count). The van der Waals surface area contributed by atoms with Gasteiger partial charge in [-0.3, -0.25) is 9.59 Å². The Morgan fingerprint density at radius 3 is 2.05 bits per heavy atom. The number of aliphatic carboxylic acids is 1. The van der Waals surface area contributed by atoms with Gasteiger partial charge in [0.1, 0.15) is 6.54 Å². The van der Waals surface area contributed by atoms with E-state index >= 15 is 0 Å². The van der Waals surface area contributed by atoms with Crippen molar-refractivity contribution in [3.63, 3.8) is 0 Å². The third-order valence-corrected chi connectivity index (χ3v) is 3.01. The molecule has 0 aliphatic carbocycles. The highest BCUT2D eigenvalue weighted by atomic mass is 16.4. The van der Waals surface area contributed by atoms with Crippen LogP contribution in [0.5, 0.6) is 0 Å². The SMILES string of the molecule is C=C(C)C(=O)N(CCCCCCCCC)CC(=O)O. The average Bonchev–Trinajstić information content (AvgIpc) is 2.34. The second kappa shape index (κ2) is 10.6. The number of carboxylic acids is 1. The highest BCUT2D eigenvalue weighted by Crippen LogP contribution is 2.08. The summed E-state index contributed by atoms with van der Waals surface area (Å²) in [5, 5.41) is 8.79. The fourth-order valence-electron chi connectivity index (χ4n) is 1.95. The van der Waals surface area contributed by atoms with Crippen LogP contribution in [0.3, 0.4) is 0 Å². The highest BCUT2D eigenvalue weighted by molar-refractivity contribution is 5.93. The Bertz CT molecular complexity index is 300. The number of rotatable bonds is 11. The zero-order valence-electron chi connectivity index (χ0n) is 12.3. The summed E-state index contributed by atoms with van der Waals surface area (Å²) in [6.45, 7) is 7.65. The molecule has 0 aliphatic rings. The van der Waals surface area contributed by atoms with E-state index < -0.39 is 5.97 Å². The van der Waals surface area contributed by atoms with Crippen LogP contribution in [0.25, 0.3) is 0 Å². The maximum atomic E-state index is 11.7. The van der Waals surface area contributed by atoms with E-state index in [9.17, 15) is 9.59 Å². The Morgan fingerprint density at radius 2 is 1.58 bits per heavy atom. The summed E-state index contributed by atoms with van der Waals surface area (Å²) in [5.74, 6) is -1.23. The minimum Gasteiger partial charge on any atom is -0.480 e. The maximum Gasteiger partial charge on any atom is 0.323 e. The van der Waals surface area contributed by atoms with Gasteiger partial charge in [0, 0.05) is 12.1 Å². The predicted molar refractivity (Wildman–Crippen MR) is 77.0 cm³/mol. The summed E-state index contributed by atoms with van der Waals surface area (Å²) < 4.78 is 0. The van der Waals surface area contributed by atoms with Gasteiger partial charge in [0.15, 0.2) is 0 Å². The van der Waals surface area contributed by atoms with Crippen molar-refractivity contribution in [2.24, 2.45) is 0 Å². The summed E-state index contributed by atoms with van der Waals surface area (Å²) in [6.07, 6.45) is 8.06. The van der Waals surface area contributed by atoms with Gasteiger partial charge in [0.05, 0.1) is 0 Å². The number of carboxylic acid groups (broad SMARTS) is 1. The van der Waals surface area contributed by atoms with E-state index in [1.165, 1.54) is 30.6 Å². The van der Waals surface area contributed by atoms with Crippen molar-refractivity contribution in [3.8, 4) is 0 Å². The van der Waals surface area contributed by atoms with Gasteiger partial charge in [-0.2, -0.15) is 0 Å². The molecule has 0 heterocycles. The first-order valence-electron chi connectivity index (χ1n) is 7.15. The zero-order valence-corrected chi connectivity index (χ0v) is 12.3. The van der Waals surface area contributed by atoms with Gasteiger partial charge in [0.25, 0.3) is 0 Å². The molecule has 0 bridgehead atoms. The Morgan fingerprint density at radius 1 is 1.05 bits per heavy atom. The molecule has 110 valence electrons. The van der Waals surface area contributed by atoms with E-state index in [2.05, 4.69) is 13.5 Å². The van der Waals surface area contributed by atoms with Gasteiger partial charge in [-0.05, 0) is 13.3 Å². The number of hydrogen-bond acceptors (Lipinski definition) is 2. The van der Waals surface area contributed by atoms with Crippen LogP contribution in [0.4, 0.5) is 0 Å². The van der Waals surface area contributed by atoms with Gasteiger partial charge in [0.2, 0.25) is 5.91 Å². The molecule has 0 saturated carbocycles. The molecule has 1 amide bonds. The first kappa shape index (κ1) is 17.7. The van der Waals surface area contributed by atoms with E-state index in [1.54, 1.807) is 6.92 Å². The molecule has 1 N–H and O–H groups in total. The summed E-state index contributed by atoms with van der Waals surface area (Å²) in [6, 6.07) is 0. The van der Waals surface area contributed by atoms with Crippen LogP contribution in [0.1, 0.15) is 58.8 Å². The Labute approximate surface area is 116 Å². The number of unbranched alkanes of at least 4 members (excludes halogenated alkanes) is 6. The molecule has 0 fully saturated rings. The van der Waals surface area contributed by atoms with E-state index in [0.717, 1.165) is 19.3 Å². The molecule has 4 heteroatoms. The average molecular weight is 269 g/mol. The fourth-order valence-corrected chi connectivity index (χ4v) is 1.95. The lowest BCUT2D eigenvalue weighted by Crippen LogP contribution is -2.36. The normalized spacial score (nSPS) is 10.2. The van der Waals surface area contributed by atoms with Gasteiger partial charge in [-0.1, -0.05) is 52.0 Å². The summed E-state index contributed by atoms with van der Waals surface area (Å²) in [7, 11) is 0.